The number of anilines is 2. The zero-order valence-electron chi connectivity index (χ0n) is 16.0. The van der Waals surface area contributed by atoms with Gasteiger partial charge in [-0.3, -0.25) is 9.78 Å². The lowest BCUT2D eigenvalue weighted by molar-refractivity contribution is -0.121. The largest absolute Gasteiger partial charge is 0.493 e. The molecule has 2 N–H and O–H groups in total. The first-order valence-corrected chi connectivity index (χ1v) is 9.17. The molecule has 7 nitrogen and oxygen atoms in total. The SMILES string of the molecule is CCc1cc(Nc2ccc(OCCC(=O)NC)cc2)nc(-c2ccccn2)n1. The number of nitrogens with zero attached hydrogens (tertiary/aromatic N) is 3. The number of benzene rings is 1. The van der Waals surface area contributed by atoms with Crippen LogP contribution in [0.1, 0.15) is 19.0 Å². The molecule has 3 rings (SSSR count). The number of carbonyl (C=O) groups excluding carboxylic acids is 1. The number of aryl methyl sites for hydroxylation is 1. The molecular weight excluding hydrogens is 354 g/mol. The third-order valence-corrected chi connectivity index (χ3v) is 4.04. The number of hydrogen-bond acceptors (Lipinski definition) is 6. The van der Waals surface area contributed by atoms with Crippen LogP contribution in [0.15, 0.2) is 54.7 Å². The van der Waals surface area contributed by atoms with E-state index >= 15 is 0 Å². The van der Waals surface area contributed by atoms with E-state index in [-0.39, 0.29) is 5.91 Å². The predicted octanol–water partition coefficient (Wildman–Crippen LogP) is 3.36. The Kier molecular flexibility index (Phi) is 6.51. The van der Waals surface area contributed by atoms with Crippen LogP contribution >= 0.6 is 0 Å². The van der Waals surface area contributed by atoms with Gasteiger partial charge in [0, 0.05) is 30.7 Å². The van der Waals surface area contributed by atoms with Gasteiger partial charge in [0.15, 0.2) is 5.82 Å². The molecule has 144 valence electrons. The van der Waals surface area contributed by atoms with Crippen molar-refractivity contribution in [3.8, 4) is 17.3 Å². The molecule has 7 heteroatoms. The molecule has 1 aromatic carbocycles. The van der Waals surface area contributed by atoms with Crippen molar-refractivity contribution in [3.05, 3.63) is 60.4 Å². The van der Waals surface area contributed by atoms with Gasteiger partial charge in [0.1, 0.15) is 17.3 Å². The Labute approximate surface area is 164 Å². The maximum absolute atomic E-state index is 11.2. The molecule has 0 atom stereocenters. The number of nitrogens with one attached hydrogen (secondary N) is 2. The van der Waals surface area contributed by atoms with E-state index in [1.165, 1.54) is 0 Å². The second-order valence-corrected chi connectivity index (χ2v) is 6.06. The number of ether oxygens (including phenoxy) is 1. The Morgan fingerprint density at radius 1 is 1.11 bits per heavy atom. The molecule has 2 heterocycles. The first kappa shape index (κ1) is 19.3. The van der Waals surface area contributed by atoms with Crippen molar-refractivity contribution in [3.63, 3.8) is 0 Å². The number of hydrogen-bond donors (Lipinski definition) is 2. The van der Waals surface area contributed by atoms with Crippen molar-refractivity contribution >= 4 is 17.4 Å². The van der Waals surface area contributed by atoms with Crippen molar-refractivity contribution in [2.75, 3.05) is 19.0 Å². The summed E-state index contributed by atoms with van der Waals surface area (Å²) in [5, 5.41) is 5.87. The lowest BCUT2D eigenvalue weighted by atomic mass is 10.2. The number of pyridine rings is 1. The van der Waals surface area contributed by atoms with Gasteiger partial charge in [0.2, 0.25) is 5.91 Å². The topological polar surface area (TPSA) is 89.0 Å². The molecule has 0 fully saturated rings. The quantitative estimate of drug-likeness (QED) is 0.626. The van der Waals surface area contributed by atoms with Crippen molar-refractivity contribution in [1.82, 2.24) is 20.3 Å². The predicted molar refractivity (Wildman–Crippen MR) is 109 cm³/mol. The molecule has 0 aliphatic rings. The van der Waals surface area contributed by atoms with Crippen molar-refractivity contribution in [2.24, 2.45) is 0 Å². The fourth-order valence-corrected chi connectivity index (χ4v) is 2.52. The average Bonchev–Trinajstić information content (AvgIpc) is 2.75. The molecule has 0 aliphatic heterocycles. The number of aromatic nitrogens is 3. The van der Waals surface area contributed by atoms with E-state index < -0.39 is 0 Å². The van der Waals surface area contributed by atoms with Crippen molar-refractivity contribution in [1.29, 1.82) is 0 Å². The maximum atomic E-state index is 11.2. The standard InChI is InChI=1S/C21H23N5O2/c1-3-15-14-19(26-21(25-15)18-6-4-5-12-23-18)24-16-7-9-17(10-8-16)28-13-11-20(27)22-2/h4-10,12,14H,3,11,13H2,1-2H3,(H,22,27)(H,24,25,26). The van der Waals surface area contributed by atoms with E-state index in [4.69, 9.17) is 4.74 Å². The fourth-order valence-electron chi connectivity index (χ4n) is 2.52. The molecule has 3 aromatic rings. The zero-order valence-corrected chi connectivity index (χ0v) is 16.0. The molecule has 0 spiro atoms. The van der Waals surface area contributed by atoms with Crippen LogP contribution in [0.2, 0.25) is 0 Å². The van der Waals surface area contributed by atoms with E-state index in [0.717, 1.165) is 23.5 Å². The number of carbonyl (C=O) groups is 1. The third-order valence-electron chi connectivity index (χ3n) is 4.04. The summed E-state index contributed by atoms with van der Waals surface area (Å²) in [6, 6.07) is 15.1. The van der Waals surface area contributed by atoms with Crippen LogP contribution in [0.3, 0.4) is 0 Å². The number of rotatable bonds is 8. The van der Waals surface area contributed by atoms with E-state index in [9.17, 15) is 4.79 Å². The van der Waals surface area contributed by atoms with Crippen LogP contribution in [-0.4, -0.2) is 34.5 Å². The van der Waals surface area contributed by atoms with Gasteiger partial charge in [0.25, 0.3) is 0 Å². The lowest BCUT2D eigenvalue weighted by Crippen LogP contribution is -2.20. The van der Waals surface area contributed by atoms with Crippen LogP contribution in [0.5, 0.6) is 5.75 Å². The van der Waals surface area contributed by atoms with Gasteiger partial charge >= 0.3 is 0 Å². The summed E-state index contributed by atoms with van der Waals surface area (Å²) >= 11 is 0. The summed E-state index contributed by atoms with van der Waals surface area (Å²) in [5.74, 6) is 1.97. The van der Waals surface area contributed by atoms with Crippen molar-refractivity contribution < 1.29 is 9.53 Å². The van der Waals surface area contributed by atoms with Crippen LogP contribution in [0.4, 0.5) is 11.5 Å². The summed E-state index contributed by atoms with van der Waals surface area (Å²) in [5.41, 5.74) is 2.55. The summed E-state index contributed by atoms with van der Waals surface area (Å²) in [7, 11) is 1.61. The Hall–Kier alpha value is -3.48. The highest BCUT2D eigenvalue weighted by Crippen LogP contribution is 2.22. The highest BCUT2D eigenvalue weighted by Gasteiger charge is 2.08. The molecule has 0 unspecified atom stereocenters. The second kappa shape index (κ2) is 9.45. The lowest BCUT2D eigenvalue weighted by Gasteiger charge is -2.10. The monoisotopic (exact) mass is 377 g/mol. The molecule has 1 amide bonds. The van der Waals surface area contributed by atoms with E-state index in [1.54, 1.807) is 13.2 Å². The minimum Gasteiger partial charge on any atom is -0.493 e. The summed E-state index contributed by atoms with van der Waals surface area (Å²) in [6.45, 7) is 2.39. The van der Waals surface area contributed by atoms with Gasteiger partial charge in [-0.25, -0.2) is 9.97 Å². The first-order chi connectivity index (χ1) is 13.7. The molecule has 0 saturated heterocycles. The fraction of sp³-hybridized carbons (Fsp3) is 0.238. The van der Waals surface area contributed by atoms with Gasteiger partial charge < -0.3 is 15.4 Å². The van der Waals surface area contributed by atoms with E-state index in [0.29, 0.717) is 30.4 Å². The Balaban J connectivity index is 1.70. The highest BCUT2D eigenvalue weighted by atomic mass is 16.5. The normalized spacial score (nSPS) is 10.4. The summed E-state index contributed by atoms with van der Waals surface area (Å²) in [4.78, 5) is 24.7. The molecular formula is C21H23N5O2. The molecule has 0 radical (unpaired) electrons. The Bertz CT molecular complexity index is 914. The zero-order chi connectivity index (χ0) is 19.8. The summed E-state index contributed by atoms with van der Waals surface area (Å²) in [6.07, 6.45) is 2.86. The van der Waals surface area contributed by atoms with Crippen LogP contribution in [-0.2, 0) is 11.2 Å². The first-order valence-electron chi connectivity index (χ1n) is 9.17. The van der Waals surface area contributed by atoms with Crippen LogP contribution < -0.4 is 15.4 Å². The average molecular weight is 377 g/mol. The Morgan fingerprint density at radius 2 is 1.93 bits per heavy atom. The molecule has 0 saturated carbocycles. The third kappa shape index (κ3) is 5.26. The minimum absolute atomic E-state index is 0.0440. The van der Waals surface area contributed by atoms with Crippen LogP contribution in [0, 0.1) is 0 Å². The van der Waals surface area contributed by atoms with Gasteiger partial charge in [-0.15, -0.1) is 0 Å². The Morgan fingerprint density at radius 3 is 2.61 bits per heavy atom. The minimum atomic E-state index is -0.0440. The van der Waals surface area contributed by atoms with E-state index in [2.05, 4.69) is 32.5 Å². The smallest absolute Gasteiger partial charge is 0.223 e. The second-order valence-electron chi connectivity index (χ2n) is 6.06. The van der Waals surface area contributed by atoms with Crippen molar-refractivity contribution in [2.45, 2.75) is 19.8 Å². The van der Waals surface area contributed by atoms with Gasteiger partial charge in [-0.2, -0.15) is 0 Å². The van der Waals surface area contributed by atoms with Gasteiger partial charge in [0.05, 0.1) is 13.0 Å². The summed E-state index contributed by atoms with van der Waals surface area (Å²) < 4.78 is 5.57. The molecule has 2 aromatic heterocycles. The van der Waals surface area contributed by atoms with E-state index in [1.807, 2.05) is 48.5 Å². The highest BCUT2D eigenvalue weighted by molar-refractivity contribution is 5.75. The molecule has 0 aliphatic carbocycles. The molecule has 28 heavy (non-hydrogen) atoms. The van der Waals surface area contributed by atoms with Gasteiger partial charge in [-0.05, 0) is 42.8 Å². The maximum Gasteiger partial charge on any atom is 0.223 e. The molecule has 0 bridgehead atoms. The van der Waals surface area contributed by atoms with Gasteiger partial charge in [-0.1, -0.05) is 13.0 Å². The van der Waals surface area contributed by atoms with Crippen LogP contribution in [0.25, 0.3) is 11.5 Å². The number of amides is 1.